The zero-order valence-corrected chi connectivity index (χ0v) is 11.2. The summed E-state index contributed by atoms with van der Waals surface area (Å²) in [5.74, 6) is -0.246. The monoisotopic (exact) mass is 231 g/mol. The molecule has 1 aromatic carbocycles. The molecule has 17 heavy (non-hydrogen) atoms. The Hall–Kier alpha value is -1.38. The molecule has 0 saturated heterocycles. The molecule has 90 valence electrons. The third-order valence-electron chi connectivity index (χ3n) is 2.09. The highest BCUT2D eigenvalue weighted by Crippen LogP contribution is 2.17. The number of rotatable bonds is 0. The fraction of sp³-hybridized carbons (Fsp3) is 0.357. The number of pyridine rings is 1. The minimum atomic E-state index is -0.246. The quantitative estimate of drug-likeness (QED) is 0.632. The van der Waals surface area contributed by atoms with Crippen LogP contribution in [0.5, 0.6) is 0 Å². The van der Waals surface area contributed by atoms with Crippen molar-refractivity contribution in [3.8, 4) is 0 Å². The summed E-state index contributed by atoms with van der Waals surface area (Å²) in [4.78, 5) is 3.97. The third kappa shape index (κ3) is 3.55. The second-order valence-electron chi connectivity index (χ2n) is 3.02. The Morgan fingerprint density at radius 2 is 1.65 bits per heavy atom. The summed E-state index contributed by atoms with van der Waals surface area (Å²) in [6.45, 7) is 9.82. The summed E-state index contributed by atoms with van der Waals surface area (Å²) >= 11 is 0. The van der Waals surface area contributed by atoms with Gasteiger partial charge in [-0.3, -0.25) is 4.98 Å². The van der Waals surface area contributed by atoms with Crippen molar-refractivity contribution in [3.63, 3.8) is 0 Å². The zero-order chi connectivity index (χ0) is 13.4. The van der Waals surface area contributed by atoms with Crippen molar-refractivity contribution >= 4 is 24.1 Å². The fourth-order valence-electron chi connectivity index (χ4n) is 1.44. The molecule has 3 heteroatoms. The van der Waals surface area contributed by atoms with Gasteiger partial charge in [-0.15, -0.1) is 0 Å². The zero-order valence-electron chi connectivity index (χ0n) is 11.2. The van der Waals surface area contributed by atoms with Gasteiger partial charge < -0.3 is 0 Å². The van der Waals surface area contributed by atoms with Gasteiger partial charge >= 0.3 is 0 Å². The van der Waals surface area contributed by atoms with Crippen molar-refractivity contribution in [2.75, 3.05) is 0 Å². The van der Waals surface area contributed by atoms with Gasteiger partial charge in [-0.25, -0.2) is 4.39 Å². The molecule has 0 N–H and O–H groups in total. The summed E-state index contributed by atoms with van der Waals surface area (Å²) in [6.07, 6.45) is 3.21. The van der Waals surface area contributed by atoms with Crippen LogP contribution in [0.15, 0.2) is 24.5 Å². The minimum absolute atomic E-state index is 0.246. The van der Waals surface area contributed by atoms with Gasteiger partial charge in [-0.2, -0.15) is 0 Å². The van der Waals surface area contributed by atoms with E-state index in [9.17, 15) is 4.39 Å². The van der Waals surface area contributed by atoms with Crippen LogP contribution in [0.3, 0.4) is 0 Å². The second kappa shape index (κ2) is 7.83. The number of fused-ring (bicyclic) bond motifs is 1. The molecule has 2 aromatic rings. The van der Waals surface area contributed by atoms with Crippen molar-refractivity contribution in [2.45, 2.75) is 34.6 Å². The van der Waals surface area contributed by atoms with Crippen molar-refractivity contribution in [3.05, 3.63) is 35.9 Å². The van der Waals surface area contributed by atoms with Crippen LogP contribution in [0, 0.1) is 12.7 Å². The van der Waals surface area contributed by atoms with Gasteiger partial charge in [0.05, 0.1) is 0 Å². The van der Waals surface area contributed by atoms with Crippen molar-refractivity contribution in [2.24, 2.45) is 0 Å². The molecule has 2 radical (unpaired) electrons. The Morgan fingerprint density at radius 1 is 1.06 bits per heavy atom. The molecule has 1 heterocycles. The van der Waals surface area contributed by atoms with E-state index in [0.717, 1.165) is 5.56 Å². The molecule has 0 aliphatic heterocycles. The predicted molar refractivity (Wildman–Crippen MR) is 74.5 cm³/mol. The van der Waals surface area contributed by atoms with E-state index in [4.69, 9.17) is 7.85 Å². The molecular weight excluding hydrogens is 212 g/mol. The summed E-state index contributed by atoms with van der Waals surface area (Å²) in [5.41, 5.74) is 1.37. The maximum atomic E-state index is 13.3. The normalized spacial score (nSPS) is 8.82. The lowest BCUT2D eigenvalue weighted by Gasteiger charge is -2.05. The SMILES string of the molecule is CC.CC.[B]c1ccc(F)c2c(C)cncc12. The average Bonchev–Trinajstić information content (AvgIpc) is 2.39. The summed E-state index contributed by atoms with van der Waals surface area (Å²) in [7, 11) is 5.69. The Bertz CT molecular complexity index is 461. The van der Waals surface area contributed by atoms with E-state index in [1.54, 1.807) is 18.5 Å². The topological polar surface area (TPSA) is 12.9 Å². The van der Waals surface area contributed by atoms with Crippen LogP contribution in [-0.2, 0) is 0 Å². The van der Waals surface area contributed by atoms with Crippen LogP contribution in [-0.4, -0.2) is 12.8 Å². The number of aryl methyl sites for hydroxylation is 1. The lowest BCUT2D eigenvalue weighted by molar-refractivity contribution is 0.639. The number of benzene rings is 1. The predicted octanol–water partition coefficient (Wildman–Crippen LogP) is 3.53. The molecule has 0 unspecified atom stereocenters. The van der Waals surface area contributed by atoms with Gasteiger partial charge in [0.15, 0.2) is 0 Å². The second-order valence-corrected chi connectivity index (χ2v) is 3.02. The van der Waals surface area contributed by atoms with Crippen LogP contribution in [0.1, 0.15) is 33.3 Å². The Morgan fingerprint density at radius 3 is 2.18 bits per heavy atom. The molecule has 0 aliphatic rings. The lowest BCUT2D eigenvalue weighted by atomic mass is 9.90. The highest BCUT2D eigenvalue weighted by Gasteiger charge is 2.04. The molecule has 0 aliphatic carbocycles. The lowest BCUT2D eigenvalue weighted by Crippen LogP contribution is -2.05. The van der Waals surface area contributed by atoms with E-state index in [-0.39, 0.29) is 5.82 Å². The fourth-order valence-corrected chi connectivity index (χ4v) is 1.44. The van der Waals surface area contributed by atoms with Crippen molar-refractivity contribution in [1.82, 2.24) is 4.98 Å². The van der Waals surface area contributed by atoms with E-state index in [1.165, 1.54) is 6.07 Å². The summed E-state index contributed by atoms with van der Waals surface area (Å²) in [5, 5.41) is 1.25. The van der Waals surface area contributed by atoms with Crippen LogP contribution < -0.4 is 5.46 Å². The number of halogens is 1. The average molecular weight is 231 g/mol. The maximum absolute atomic E-state index is 13.3. The number of hydrogen-bond acceptors (Lipinski definition) is 1. The molecule has 2 rings (SSSR count). The van der Waals surface area contributed by atoms with Crippen LogP contribution in [0.25, 0.3) is 10.8 Å². The van der Waals surface area contributed by atoms with Gasteiger partial charge in [0.2, 0.25) is 0 Å². The molecule has 1 aromatic heterocycles. The molecule has 0 bridgehead atoms. The van der Waals surface area contributed by atoms with Crippen LogP contribution in [0.4, 0.5) is 4.39 Å². The largest absolute Gasteiger partial charge is 0.264 e. The first-order valence-corrected chi connectivity index (χ1v) is 5.98. The van der Waals surface area contributed by atoms with Crippen molar-refractivity contribution in [1.29, 1.82) is 0 Å². The molecule has 0 amide bonds. The molecule has 0 saturated carbocycles. The summed E-state index contributed by atoms with van der Waals surface area (Å²) < 4.78 is 13.3. The maximum Gasteiger partial charge on any atom is 0.131 e. The molecule has 0 fully saturated rings. The van der Waals surface area contributed by atoms with E-state index in [2.05, 4.69) is 4.98 Å². The molecule has 1 nitrogen and oxygen atoms in total. The Balaban J connectivity index is 0.000000581. The number of aromatic nitrogens is 1. The van der Waals surface area contributed by atoms with E-state index in [1.807, 2.05) is 34.6 Å². The van der Waals surface area contributed by atoms with Gasteiger partial charge in [-0.05, 0) is 23.9 Å². The highest BCUT2D eigenvalue weighted by molar-refractivity contribution is 6.38. The van der Waals surface area contributed by atoms with E-state index >= 15 is 0 Å². The van der Waals surface area contributed by atoms with Crippen molar-refractivity contribution < 1.29 is 4.39 Å². The number of hydrogen-bond donors (Lipinski definition) is 0. The third-order valence-corrected chi connectivity index (χ3v) is 2.09. The standard InChI is InChI=1S/C10H7BFN.2C2H6/c1-6-4-13-5-7-8(11)2-3-9(12)10(6)7;2*1-2/h2-5H,1H3;2*1-2H3. The minimum Gasteiger partial charge on any atom is -0.264 e. The summed E-state index contributed by atoms with van der Waals surface area (Å²) in [6, 6.07) is 2.93. The van der Waals surface area contributed by atoms with Gasteiger partial charge in [-0.1, -0.05) is 39.2 Å². The van der Waals surface area contributed by atoms with E-state index < -0.39 is 0 Å². The molecule has 0 spiro atoms. The first-order chi connectivity index (χ1) is 8.20. The van der Waals surface area contributed by atoms with E-state index in [0.29, 0.717) is 16.2 Å². The Labute approximate surface area is 104 Å². The smallest absolute Gasteiger partial charge is 0.131 e. The first kappa shape index (κ1) is 15.6. The first-order valence-electron chi connectivity index (χ1n) is 5.98. The van der Waals surface area contributed by atoms with Gasteiger partial charge in [0, 0.05) is 17.8 Å². The Kier molecular flexibility index (Phi) is 7.19. The highest BCUT2D eigenvalue weighted by atomic mass is 19.1. The van der Waals surface area contributed by atoms with Crippen LogP contribution >= 0.6 is 0 Å². The van der Waals surface area contributed by atoms with Crippen LogP contribution in [0.2, 0.25) is 0 Å². The molecule has 0 atom stereocenters. The van der Waals surface area contributed by atoms with Gasteiger partial charge in [0.1, 0.15) is 13.7 Å². The number of nitrogens with zero attached hydrogens (tertiary/aromatic N) is 1. The molecular formula is C14H19BFN. The van der Waals surface area contributed by atoms with Gasteiger partial charge in [0.25, 0.3) is 0 Å².